The molecule has 10 heteroatoms. The molecule has 1 amide bonds. The molecule has 0 radical (unpaired) electrons. The first-order chi connectivity index (χ1) is 17.6. The number of nitrogens with zero attached hydrogens (tertiary/aromatic N) is 6. The number of pyridine rings is 2. The van der Waals surface area contributed by atoms with Crippen molar-refractivity contribution in [2.45, 2.75) is 18.5 Å². The number of amides is 1. The zero-order valence-electron chi connectivity index (χ0n) is 19.2. The fraction of sp³-hybridized carbons (Fsp3) is 0.192. The van der Waals surface area contributed by atoms with Crippen molar-refractivity contribution in [3.8, 4) is 11.6 Å². The van der Waals surface area contributed by atoms with Crippen LogP contribution < -0.4 is 15.0 Å². The summed E-state index contributed by atoms with van der Waals surface area (Å²) in [6.45, 7) is 5.03. The summed E-state index contributed by atoms with van der Waals surface area (Å²) in [7, 11) is 0. The minimum atomic E-state index is -0.0130. The molecule has 3 aromatic heterocycles. The van der Waals surface area contributed by atoms with Gasteiger partial charge in [0, 0.05) is 13.1 Å². The molecule has 2 bridgehead atoms. The fourth-order valence-corrected chi connectivity index (χ4v) is 5.03. The van der Waals surface area contributed by atoms with Gasteiger partial charge in [0.05, 0.1) is 29.5 Å². The van der Waals surface area contributed by atoms with Crippen molar-refractivity contribution in [2.24, 2.45) is 0 Å². The number of piperazine rings is 1. The van der Waals surface area contributed by atoms with Crippen molar-refractivity contribution in [1.29, 1.82) is 0 Å². The first kappa shape index (κ1) is 22.2. The van der Waals surface area contributed by atoms with E-state index in [1.807, 2.05) is 47.4 Å². The molecule has 0 saturated carbocycles. The Hall–Kier alpha value is -4.24. The molecule has 9 nitrogen and oxygen atoms in total. The van der Waals surface area contributed by atoms with Gasteiger partial charge in [-0.25, -0.2) is 19.9 Å². The molecule has 0 spiro atoms. The lowest BCUT2D eigenvalue weighted by Crippen LogP contribution is -2.48. The number of ether oxygens (including phenoxy) is 1. The first-order valence-electron chi connectivity index (χ1n) is 11.6. The van der Waals surface area contributed by atoms with Crippen molar-refractivity contribution in [3.05, 3.63) is 78.7 Å². The lowest BCUT2D eigenvalue weighted by Gasteiger charge is -2.34. The molecule has 2 saturated heterocycles. The Kier molecular flexibility index (Phi) is 5.61. The van der Waals surface area contributed by atoms with Crippen molar-refractivity contribution in [1.82, 2.24) is 24.8 Å². The van der Waals surface area contributed by atoms with Crippen LogP contribution in [0.4, 0.5) is 17.3 Å². The van der Waals surface area contributed by atoms with Crippen LogP contribution in [0.1, 0.15) is 6.42 Å². The molecule has 1 N–H and O–H groups in total. The number of benzene rings is 1. The van der Waals surface area contributed by atoms with Crippen LogP contribution in [0.2, 0.25) is 5.02 Å². The van der Waals surface area contributed by atoms with E-state index in [-0.39, 0.29) is 18.0 Å². The number of anilines is 3. The standard InChI is InChI=1S/C26H22ClN7O2/c1-2-23(35)34-14-17-11-18(34)13-33(17)22-9-8-21-24(32-22)25(30-15-29-21)31-16-10-20(27)26(28-12-16)36-19-6-4-3-5-7-19/h2-10,12,15,17-18H,1,11,13-14H2,(H,29,30,31)/t17-,18-/m0/s1. The summed E-state index contributed by atoms with van der Waals surface area (Å²) in [5.41, 5.74) is 2.00. The summed E-state index contributed by atoms with van der Waals surface area (Å²) < 4.78 is 5.77. The maximum Gasteiger partial charge on any atom is 0.246 e. The Morgan fingerprint density at radius 3 is 2.72 bits per heavy atom. The van der Waals surface area contributed by atoms with Gasteiger partial charge in [0.25, 0.3) is 0 Å². The molecular formula is C26H22ClN7O2. The topological polar surface area (TPSA) is 96.4 Å². The SMILES string of the molecule is C=CC(=O)N1C[C@@H]2C[C@H]1CN2c1ccc2ncnc(Nc3cnc(Oc4ccccc4)c(Cl)c3)c2n1. The van der Waals surface area contributed by atoms with E-state index in [1.165, 1.54) is 12.4 Å². The molecule has 2 aliphatic rings. The highest BCUT2D eigenvalue weighted by atomic mass is 35.5. The molecule has 5 heterocycles. The first-order valence-corrected chi connectivity index (χ1v) is 11.9. The number of aromatic nitrogens is 4. The van der Waals surface area contributed by atoms with E-state index in [4.69, 9.17) is 21.3 Å². The summed E-state index contributed by atoms with van der Waals surface area (Å²) in [6.07, 6.45) is 5.43. The third-order valence-electron chi connectivity index (χ3n) is 6.49. The number of para-hydroxylation sites is 1. The van der Waals surface area contributed by atoms with Gasteiger partial charge in [-0.2, -0.15) is 0 Å². The molecule has 2 aliphatic heterocycles. The molecule has 36 heavy (non-hydrogen) atoms. The van der Waals surface area contributed by atoms with E-state index in [0.717, 1.165) is 18.8 Å². The van der Waals surface area contributed by atoms with Crippen LogP contribution in [0.5, 0.6) is 11.6 Å². The van der Waals surface area contributed by atoms with E-state index in [2.05, 4.69) is 31.7 Å². The molecule has 1 aromatic carbocycles. The Labute approximate surface area is 212 Å². The largest absolute Gasteiger partial charge is 0.438 e. The molecule has 180 valence electrons. The third-order valence-corrected chi connectivity index (χ3v) is 6.76. The summed E-state index contributed by atoms with van der Waals surface area (Å²) >= 11 is 6.44. The second-order valence-corrected chi connectivity index (χ2v) is 9.11. The number of halogens is 1. The Bertz CT molecular complexity index is 1470. The van der Waals surface area contributed by atoms with Crippen LogP contribution in [0.25, 0.3) is 11.0 Å². The van der Waals surface area contributed by atoms with Crippen LogP contribution in [0.15, 0.2) is 73.7 Å². The van der Waals surface area contributed by atoms with Crippen LogP contribution in [-0.4, -0.2) is 55.9 Å². The number of rotatable bonds is 6. The van der Waals surface area contributed by atoms with Crippen molar-refractivity contribution >= 4 is 45.9 Å². The average Bonchev–Trinajstić information content (AvgIpc) is 3.52. The highest BCUT2D eigenvalue weighted by molar-refractivity contribution is 6.32. The van der Waals surface area contributed by atoms with E-state index < -0.39 is 0 Å². The predicted molar refractivity (Wildman–Crippen MR) is 138 cm³/mol. The summed E-state index contributed by atoms with van der Waals surface area (Å²) in [6, 6.07) is 15.4. The third kappa shape index (κ3) is 4.07. The Morgan fingerprint density at radius 1 is 1.11 bits per heavy atom. The smallest absolute Gasteiger partial charge is 0.246 e. The van der Waals surface area contributed by atoms with Gasteiger partial charge in [0.2, 0.25) is 11.8 Å². The van der Waals surface area contributed by atoms with Gasteiger partial charge in [0.15, 0.2) is 5.82 Å². The number of carbonyl (C=O) groups excluding carboxylic acids is 1. The zero-order chi connectivity index (χ0) is 24.6. The summed E-state index contributed by atoms with van der Waals surface area (Å²) in [5, 5.41) is 3.63. The van der Waals surface area contributed by atoms with Crippen LogP contribution in [-0.2, 0) is 4.79 Å². The quantitative estimate of drug-likeness (QED) is 0.385. The van der Waals surface area contributed by atoms with Crippen molar-refractivity contribution < 1.29 is 9.53 Å². The Morgan fingerprint density at radius 2 is 1.97 bits per heavy atom. The van der Waals surface area contributed by atoms with E-state index >= 15 is 0 Å². The van der Waals surface area contributed by atoms with Crippen LogP contribution >= 0.6 is 11.6 Å². The van der Waals surface area contributed by atoms with E-state index in [9.17, 15) is 4.79 Å². The van der Waals surface area contributed by atoms with Gasteiger partial charge >= 0.3 is 0 Å². The molecule has 2 fully saturated rings. The second kappa shape index (κ2) is 9.09. The van der Waals surface area contributed by atoms with Gasteiger partial charge in [-0.05, 0) is 42.8 Å². The highest BCUT2D eigenvalue weighted by Crippen LogP contribution is 2.35. The maximum atomic E-state index is 12.1. The molecule has 0 aliphatic carbocycles. The lowest BCUT2D eigenvalue weighted by atomic mass is 10.2. The lowest BCUT2D eigenvalue weighted by molar-refractivity contribution is -0.127. The number of nitrogens with one attached hydrogen (secondary N) is 1. The summed E-state index contributed by atoms with van der Waals surface area (Å²) in [4.78, 5) is 34.3. The number of fused-ring (bicyclic) bond motifs is 3. The number of likely N-dealkylation sites (tertiary alicyclic amines) is 1. The van der Waals surface area contributed by atoms with E-state index in [1.54, 1.807) is 12.3 Å². The number of hydrogen-bond donors (Lipinski definition) is 1. The number of hydrogen-bond acceptors (Lipinski definition) is 8. The van der Waals surface area contributed by atoms with Gasteiger partial charge in [-0.15, -0.1) is 0 Å². The van der Waals surface area contributed by atoms with Crippen molar-refractivity contribution in [2.75, 3.05) is 23.3 Å². The van der Waals surface area contributed by atoms with E-state index in [0.29, 0.717) is 45.7 Å². The minimum Gasteiger partial charge on any atom is -0.438 e. The highest BCUT2D eigenvalue weighted by Gasteiger charge is 2.45. The van der Waals surface area contributed by atoms with Crippen LogP contribution in [0, 0.1) is 0 Å². The average molecular weight is 500 g/mol. The van der Waals surface area contributed by atoms with Gasteiger partial charge in [-0.3, -0.25) is 4.79 Å². The molecular weight excluding hydrogens is 478 g/mol. The van der Waals surface area contributed by atoms with Gasteiger partial charge in [-0.1, -0.05) is 36.4 Å². The molecule has 6 rings (SSSR count). The van der Waals surface area contributed by atoms with Gasteiger partial charge in [0.1, 0.15) is 28.4 Å². The second-order valence-electron chi connectivity index (χ2n) is 8.70. The summed E-state index contributed by atoms with van der Waals surface area (Å²) in [5.74, 6) is 2.33. The minimum absolute atomic E-state index is 0.0130. The normalized spacial score (nSPS) is 18.5. The maximum absolute atomic E-state index is 12.1. The van der Waals surface area contributed by atoms with Gasteiger partial charge < -0.3 is 19.9 Å². The van der Waals surface area contributed by atoms with Crippen molar-refractivity contribution in [3.63, 3.8) is 0 Å². The molecule has 2 atom stereocenters. The zero-order valence-corrected chi connectivity index (χ0v) is 20.0. The molecule has 0 unspecified atom stereocenters. The Balaban J connectivity index is 1.24. The predicted octanol–water partition coefficient (Wildman–Crippen LogP) is 4.58. The fourth-order valence-electron chi connectivity index (χ4n) is 4.82. The monoisotopic (exact) mass is 499 g/mol. The molecule has 4 aromatic rings. The van der Waals surface area contributed by atoms with Crippen LogP contribution in [0.3, 0.4) is 0 Å². The number of carbonyl (C=O) groups is 1.